The first kappa shape index (κ1) is 13.6. The smallest absolute Gasteiger partial charge is 0.182 e. The highest BCUT2D eigenvalue weighted by molar-refractivity contribution is 5.97. The molecule has 0 aliphatic rings. The lowest BCUT2D eigenvalue weighted by atomic mass is 10.1. The van der Waals surface area contributed by atoms with E-state index in [4.69, 9.17) is 0 Å². The van der Waals surface area contributed by atoms with Gasteiger partial charge >= 0.3 is 0 Å². The molecular formula is C19H19NO. The summed E-state index contributed by atoms with van der Waals surface area (Å²) in [6, 6.07) is 16.3. The first-order valence-electron chi connectivity index (χ1n) is 7.35. The van der Waals surface area contributed by atoms with Gasteiger partial charge in [0.2, 0.25) is 0 Å². The van der Waals surface area contributed by atoms with Crippen molar-refractivity contribution in [1.29, 1.82) is 0 Å². The molecule has 0 radical (unpaired) electrons. The number of aryl methyl sites for hydroxylation is 2. The van der Waals surface area contributed by atoms with Crippen LogP contribution >= 0.6 is 0 Å². The van der Waals surface area contributed by atoms with Crippen LogP contribution in [0.3, 0.4) is 0 Å². The van der Waals surface area contributed by atoms with E-state index in [0.717, 1.165) is 17.5 Å². The van der Waals surface area contributed by atoms with Crippen LogP contribution in [-0.4, -0.2) is 10.4 Å². The molecule has 106 valence electrons. The lowest BCUT2D eigenvalue weighted by Gasteiger charge is -2.06. The monoisotopic (exact) mass is 277 g/mol. The minimum absolute atomic E-state index is 0.149. The van der Waals surface area contributed by atoms with Crippen LogP contribution in [0.4, 0.5) is 0 Å². The van der Waals surface area contributed by atoms with Crippen molar-refractivity contribution in [2.45, 2.75) is 26.8 Å². The summed E-state index contributed by atoms with van der Waals surface area (Å²) >= 11 is 0. The summed E-state index contributed by atoms with van der Waals surface area (Å²) in [5, 5.41) is 1.18. The number of hydrogen-bond donors (Lipinski definition) is 0. The van der Waals surface area contributed by atoms with E-state index in [0.29, 0.717) is 6.54 Å². The molecule has 2 nitrogen and oxygen atoms in total. The van der Waals surface area contributed by atoms with Gasteiger partial charge in [-0.2, -0.15) is 0 Å². The molecule has 0 fully saturated rings. The third kappa shape index (κ3) is 2.75. The van der Waals surface area contributed by atoms with Crippen LogP contribution in [0.25, 0.3) is 10.9 Å². The fourth-order valence-corrected chi connectivity index (χ4v) is 2.63. The summed E-state index contributed by atoms with van der Waals surface area (Å²) < 4.78 is 2.02. The van der Waals surface area contributed by atoms with Gasteiger partial charge in [0.05, 0.1) is 6.54 Å². The summed E-state index contributed by atoms with van der Waals surface area (Å²) in [5.74, 6) is 0.149. The number of nitrogens with zero attached hydrogens (tertiary/aromatic N) is 1. The Balaban J connectivity index is 1.85. The molecule has 1 aromatic heterocycles. The molecule has 0 N–H and O–H groups in total. The average Bonchev–Trinajstić information content (AvgIpc) is 2.89. The van der Waals surface area contributed by atoms with Gasteiger partial charge in [-0.05, 0) is 42.5 Å². The van der Waals surface area contributed by atoms with Gasteiger partial charge in [-0.15, -0.1) is 0 Å². The van der Waals surface area contributed by atoms with Crippen LogP contribution < -0.4 is 0 Å². The highest BCUT2D eigenvalue weighted by atomic mass is 16.1. The predicted molar refractivity (Wildman–Crippen MR) is 86.8 cm³/mol. The highest BCUT2D eigenvalue weighted by Gasteiger charge is 2.09. The Bertz CT molecular complexity index is 781. The average molecular weight is 277 g/mol. The second-order valence-corrected chi connectivity index (χ2v) is 5.48. The van der Waals surface area contributed by atoms with Crippen LogP contribution in [-0.2, 0) is 13.0 Å². The zero-order valence-electron chi connectivity index (χ0n) is 12.5. The predicted octanol–water partition coefficient (Wildman–Crippen LogP) is 4.40. The van der Waals surface area contributed by atoms with E-state index in [1.807, 2.05) is 35.0 Å². The fourth-order valence-electron chi connectivity index (χ4n) is 2.63. The molecular weight excluding hydrogens is 258 g/mol. The minimum atomic E-state index is 0.149. The molecule has 0 saturated heterocycles. The molecule has 0 bridgehead atoms. The lowest BCUT2D eigenvalue weighted by Crippen LogP contribution is -2.09. The van der Waals surface area contributed by atoms with Crippen molar-refractivity contribution in [3.8, 4) is 0 Å². The molecule has 3 aromatic rings. The molecule has 0 aliphatic heterocycles. The summed E-state index contributed by atoms with van der Waals surface area (Å²) in [6.07, 6.45) is 2.98. The van der Waals surface area contributed by atoms with Gasteiger partial charge in [0.15, 0.2) is 5.78 Å². The third-order valence-electron chi connectivity index (χ3n) is 3.92. The van der Waals surface area contributed by atoms with Gasteiger partial charge in [-0.1, -0.05) is 42.8 Å². The van der Waals surface area contributed by atoms with Crippen molar-refractivity contribution in [2.24, 2.45) is 0 Å². The zero-order chi connectivity index (χ0) is 14.8. The number of ketones is 1. The fraction of sp³-hybridized carbons (Fsp3) is 0.211. The number of carbonyl (C=O) groups is 1. The SMILES string of the molecule is CCc1ccc(C(=O)Cn2ccc3cc(C)ccc32)cc1. The van der Waals surface area contributed by atoms with Gasteiger partial charge in [-0.25, -0.2) is 0 Å². The maximum absolute atomic E-state index is 12.4. The Morgan fingerprint density at radius 1 is 1.05 bits per heavy atom. The van der Waals surface area contributed by atoms with E-state index in [-0.39, 0.29) is 5.78 Å². The van der Waals surface area contributed by atoms with Crippen LogP contribution in [0.5, 0.6) is 0 Å². The Morgan fingerprint density at radius 2 is 1.81 bits per heavy atom. The molecule has 3 rings (SSSR count). The third-order valence-corrected chi connectivity index (χ3v) is 3.92. The van der Waals surface area contributed by atoms with E-state index in [2.05, 4.69) is 38.1 Å². The second-order valence-electron chi connectivity index (χ2n) is 5.48. The van der Waals surface area contributed by atoms with Crippen molar-refractivity contribution >= 4 is 16.7 Å². The maximum Gasteiger partial charge on any atom is 0.182 e. The van der Waals surface area contributed by atoms with Gasteiger partial charge in [0, 0.05) is 17.3 Å². The number of hydrogen-bond acceptors (Lipinski definition) is 1. The van der Waals surface area contributed by atoms with Crippen molar-refractivity contribution < 1.29 is 4.79 Å². The molecule has 0 aliphatic carbocycles. The van der Waals surface area contributed by atoms with Gasteiger partial charge < -0.3 is 4.57 Å². The number of benzene rings is 2. The number of carbonyl (C=O) groups excluding carboxylic acids is 1. The van der Waals surface area contributed by atoms with Crippen molar-refractivity contribution in [1.82, 2.24) is 4.57 Å². The lowest BCUT2D eigenvalue weighted by molar-refractivity contribution is 0.0973. The molecule has 0 amide bonds. The summed E-state index contributed by atoms with van der Waals surface area (Å²) in [7, 11) is 0. The van der Waals surface area contributed by atoms with Crippen molar-refractivity contribution in [3.63, 3.8) is 0 Å². The van der Waals surface area contributed by atoms with Crippen molar-refractivity contribution in [3.05, 3.63) is 71.4 Å². The normalized spacial score (nSPS) is 11.0. The van der Waals surface area contributed by atoms with Crippen molar-refractivity contribution in [2.75, 3.05) is 0 Å². The molecule has 2 heteroatoms. The maximum atomic E-state index is 12.4. The highest BCUT2D eigenvalue weighted by Crippen LogP contribution is 2.18. The first-order chi connectivity index (χ1) is 10.2. The summed E-state index contributed by atoms with van der Waals surface area (Å²) in [4.78, 5) is 12.4. The van der Waals surface area contributed by atoms with E-state index in [1.165, 1.54) is 16.5 Å². The minimum Gasteiger partial charge on any atom is -0.340 e. The van der Waals surface area contributed by atoms with E-state index < -0.39 is 0 Å². The van der Waals surface area contributed by atoms with Crippen LogP contribution in [0.15, 0.2) is 54.7 Å². The largest absolute Gasteiger partial charge is 0.340 e. The Labute approximate surface area is 125 Å². The van der Waals surface area contributed by atoms with Crippen LogP contribution in [0, 0.1) is 6.92 Å². The van der Waals surface area contributed by atoms with Gasteiger partial charge in [-0.3, -0.25) is 4.79 Å². The van der Waals surface area contributed by atoms with Gasteiger partial charge in [0.25, 0.3) is 0 Å². The standard InChI is InChI=1S/C19H19NO/c1-3-15-5-7-16(8-6-15)19(21)13-20-11-10-17-12-14(2)4-9-18(17)20/h4-12H,3,13H2,1-2H3. The Kier molecular flexibility index (Phi) is 3.61. The van der Waals surface area contributed by atoms with Crippen LogP contribution in [0.1, 0.15) is 28.4 Å². The molecule has 2 aromatic carbocycles. The molecule has 0 unspecified atom stereocenters. The zero-order valence-corrected chi connectivity index (χ0v) is 12.5. The molecule has 1 heterocycles. The topological polar surface area (TPSA) is 22.0 Å². The molecule has 21 heavy (non-hydrogen) atoms. The quantitative estimate of drug-likeness (QED) is 0.648. The molecule has 0 saturated carbocycles. The summed E-state index contributed by atoms with van der Waals surface area (Å²) in [5.41, 5.74) is 4.38. The Morgan fingerprint density at radius 3 is 2.52 bits per heavy atom. The summed E-state index contributed by atoms with van der Waals surface area (Å²) in [6.45, 7) is 4.58. The number of Topliss-reactive ketones (excluding diaryl/α,β-unsaturated/α-hetero) is 1. The number of rotatable bonds is 4. The van der Waals surface area contributed by atoms with Crippen LogP contribution in [0.2, 0.25) is 0 Å². The van der Waals surface area contributed by atoms with Gasteiger partial charge in [0.1, 0.15) is 0 Å². The van der Waals surface area contributed by atoms with E-state index >= 15 is 0 Å². The van der Waals surface area contributed by atoms with E-state index in [9.17, 15) is 4.79 Å². The first-order valence-corrected chi connectivity index (χ1v) is 7.35. The Hall–Kier alpha value is -2.35. The molecule has 0 atom stereocenters. The molecule has 0 spiro atoms. The number of aromatic nitrogens is 1. The second kappa shape index (κ2) is 5.57. The van der Waals surface area contributed by atoms with E-state index in [1.54, 1.807) is 0 Å². The number of fused-ring (bicyclic) bond motifs is 1.